The molecule has 0 spiro atoms. The van der Waals surface area contributed by atoms with E-state index in [0.717, 1.165) is 12.3 Å². The highest BCUT2D eigenvalue weighted by atomic mass is 14.2. The van der Waals surface area contributed by atoms with Gasteiger partial charge in [0.25, 0.3) is 0 Å². The van der Waals surface area contributed by atoms with Crippen LogP contribution in [0.15, 0.2) is 11.6 Å². The number of rotatable bonds is 3. The molecule has 0 aromatic heterocycles. The molecule has 1 radical (unpaired) electrons. The molecule has 0 aromatic carbocycles. The second-order valence-corrected chi connectivity index (χ2v) is 3.47. The van der Waals surface area contributed by atoms with Crippen LogP contribution in [0.1, 0.15) is 45.4 Å². The SMILES string of the molecule is [CH2]CCC1C=C(CC)CCC1. The van der Waals surface area contributed by atoms with Crippen LogP contribution in [0, 0.1) is 12.8 Å². The summed E-state index contributed by atoms with van der Waals surface area (Å²) >= 11 is 0. The van der Waals surface area contributed by atoms with Gasteiger partial charge in [-0.25, -0.2) is 0 Å². The van der Waals surface area contributed by atoms with Crippen LogP contribution in [0.4, 0.5) is 0 Å². The summed E-state index contributed by atoms with van der Waals surface area (Å²) in [4.78, 5) is 0. The van der Waals surface area contributed by atoms with Gasteiger partial charge in [-0.2, -0.15) is 0 Å². The molecule has 0 saturated carbocycles. The molecular weight excluding hydrogens is 132 g/mol. The first-order valence-electron chi connectivity index (χ1n) is 4.85. The van der Waals surface area contributed by atoms with Gasteiger partial charge in [0.1, 0.15) is 0 Å². The third-order valence-electron chi connectivity index (χ3n) is 2.57. The molecule has 1 aliphatic rings. The molecule has 0 fully saturated rings. The number of hydrogen-bond donors (Lipinski definition) is 0. The maximum absolute atomic E-state index is 3.90. The lowest BCUT2D eigenvalue weighted by atomic mass is 9.87. The summed E-state index contributed by atoms with van der Waals surface area (Å²) in [7, 11) is 0. The van der Waals surface area contributed by atoms with Gasteiger partial charge in [0.2, 0.25) is 0 Å². The van der Waals surface area contributed by atoms with E-state index in [-0.39, 0.29) is 0 Å². The van der Waals surface area contributed by atoms with Crippen molar-refractivity contribution in [2.75, 3.05) is 0 Å². The van der Waals surface area contributed by atoms with E-state index in [1.165, 1.54) is 32.1 Å². The summed E-state index contributed by atoms with van der Waals surface area (Å²) in [6, 6.07) is 0. The average Bonchev–Trinajstić information content (AvgIpc) is 2.06. The minimum atomic E-state index is 0.858. The molecule has 0 aliphatic heterocycles. The van der Waals surface area contributed by atoms with Gasteiger partial charge in [0.15, 0.2) is 0 Å². The molecule has 1 atom stereocenters. The molecule has 0 aromatic rings. The van der Waals surface area contributed by atoms with Crippen molar-refractivity contribution in [3.63, 3.8) is 0 Å². The van der Waals surface area contributed by atoms with Crippen molar-refractivity contribution in [1.29, 1.82) is 0 Å². The highest BCUT2D eigenvalue weighted by molar-refractivity contribution is 5.07. The summed E-state index contributed by atoms with van der Waals surface area (Å²) in [5.74, 6) is 0.858. The van der Waals surface area contributed by atoms with E-state index >= 15 is 0 Å². The summed E-state index contributed by atoms with van der Waals surface area (Å²) in [5.41, 5.74) is 1.68. The molecule has 1 rings (SSSR count). The third-order valence-corrected chi connectivity index (χ3v) is 2.57. The minimum absolute atomic E-state index is 0.858. The quantitative estimate of drug-likeness (QED) is 0.539. The lowest BCUT2D eigenvalue weighted by Crippen LogP contribution is -2.03. The van der Waals surface area contributed by atoms with E-state index in [9.17, 15) is 0 Å². The van der Waals surface area contributed by atoms with Gasteiger partial charge < -0.3 is 0 Å². The maximum atomic E-state index is 3.90. The second kappa shape index (κ2) is 4.58. The van der Waals surface area contributed by atoms with Gasteiger partial charge in [-0.3, -0.25) is 0 Å². The normalized spacial score (nSPS) is 24.9. The Hall–Kier alpha value is -0.260. The predicted octanol–water partition coefficient (Wildman–Crippen LogP) is 3.74. The van der Waals surface area contributed by atoms with E-state index in [2.05, 4.69) is 19.9 Å². The first kappa shape index (κ1) is 8.83. The Kier molecular flexibility index (Phi) is 3.68. The Balaban J connectivity index is 2.41. The van der Waals surface area contributed by atoms with Crippen LogP contribution in [0.2, 0.25) is 0 Å². The Morgan fingerprint density at radius 1 is 1.64 bits per heavy atom. The molecule has 63 valence electrons. The Morgan fingerprint density at radius 3 is 3.09 bits per heavy atom. The van der Waals surface area contributed by atoms with E-state index in [4.69, 9.17) is 0 Å². The van der Waals surface area contributed by atoms with E-state index in [1.807, 2.05) is 0 Å². The summed E-state index contributed by atoms with van der Waals surface area (Å²) < 4.78 is 0. The molecule has 1 unspecified atom stereocenters. The molecule has 0 amide bonds. The maximum Gasteiger partial charge on any atom is -0.0231 e. The lowest BCUT2D eigenvalue weighted by Gasteiger charge is -2.19. The van der Waals surface area contributed by atoms with Crippen molar-refractivity contribution in [2.24, 2.45) is 5.92 Å². The Bertz CT molecular complexity index is 133. The largest absolute Gasteiger partial charge is 0.0822 e. The number of hydrogen-bond acceptors (Lipinski definition) is 0. The van der Waals surface area contributed by atoms with Crippen LogP contribution in [0.5, 0.6) is 0 Å². The van der Waals surface area contributed by atoms with Crippen molar-refractivity contribution < 1.29 is 0 Å². The predicted molar refractivity (Wildman–Crippen MR) is 50.3 cm³/mol. The van der Waals surface area contributed by atoms with Gasteiger partial charge in [-0.1, -0.05) is 31.9 Å². The summed E-state index contributed by atoms with van der Waals surface area (Å²) in [5, 5.41) is 0. The Labute approximate surface area is 70.7 Å². The topological polar surface area (TPSA) is 0 Å². The lowest BCUT2D eigenvalue weighted by molar-refractivity contribution is 0.493. The Morgan fingerprint density at radius 2 is 2.45 bits per heavy atom. The zero-order valence-corrected chi connectivity index (χ0v) is 7.60. The van der Waals surface area contributed by atoms with E-state index in [0.29, 0.717) is 0 Å². The first-order valence-corrected chi connectivity index (χ1v) is 4.85. The van der Waals surface area contributed by atoms with Gasteiger partial charge in [0, 0.05) is 0 Å². The molecule has 0 nitrogen and oxygen atoms in total. The molecule has 11 heavy (non-hydrogen) atoms. The van der Waals surface area contributed by atoms with Crippen LogP contribution in [0.3, 0.4) is 0 Å². The van der Waals surface area contributed by atoms with Crippen molar-refractivity contribution in [2.45, 2.75) is 45.4 Å². The highest BCUT2D eigenvalue weighted by Gasteiger charge is 2.10. The fraction of sp³-hybridized carbons (Fsp3) is 0.727. The van der Waals surface area contributed by atoms with E-state index in [1.54, 1.807) is 5.57 Å². The van der Waals surface area contributed by atoms with Crippen molar-refractivity contribution in [3.8, 4) is 0 Å². The fourth-order valence-electron chi connectivity index (χ4n) is 1.88. The van der Waals surface area contributed by atoms with Gasteiger partial charge in [0.05, 0.1) is 0 Å². The number of allylic oxidation sites excluding steroid dienone is 2. The van der Waals surface area contributed by atoms with Crippen molar-refractivity contribution in [1.82, 2.24) is 0 Å². The van der Waals surface area contributed by atoms with Crippen LogP contribution in [-0.2, 0) is 0 Å². The molecule has 0 N–H and O–H groups in total. The zero-order valence-electron chi connectivity index (χ0n) is 7.60. The van der Waals surface area contributed by atoms with Gasteiger partial charge in [-0.15, -0.1) is 0 Å². The molecule has 0 heteroatoms. The van der Waals surface area contributed by atoms with Gasteiger partial charge in [-0.05, 0) is 38.0 Å². The fourth-order valence-corrected chi connectivity index (χ4v) is 1.88. The van der Waals surface area contributed by atoms with Crippen molar-refractivity contribution >= 4 is 0 Å². The monoisotopic (exact) mass is 151 g/mol. The van der Waals surface area contributed by atoms with Crippen LogP contribution in [0.25, 0.3) is 0 Å². The molecule has 0 saturated heterocycles. The first-order chi connectivity index (χ1) is 5.36. The molecule has 0 heterocycles. The van der Waals surface area contributed by atoms with Gasteiger partial charge >= 0.3 is 0 Å². The van der Waals surface area contributed by atoms with E-state index < -0.39 is 0 Å². The third kappa shape index (κ3) is 2.69. The second-order valence-electron chi connectivity index (χ2n) is 3.47. The van der Waals surface area contributed by atoms with Crippen molar-refractivity contribution in [3.05, 3.63) is 18.6 Å². The summed E-state index contributed by atoms with van der Waals surface area (Å²) in [6.45, 7) is 6.16. The highest BCUT2D eigenvalue weighted by Crippen LogP contribution is 2.27. The zero-order chi connectivity index (χ0) is 8.10. The van der Waals surface area contributed by atoms with Crippen LogP contribution < -0.4 is 0 Å². The van der Waals surface area contributed by atoms with Crippen LogP contribution in [-0.4, -0.2) is 0 Å². The van der Waals surface area contributed by atoms with Crippen LogP contribution >= 0.6 is 0 Å². The average molecular weight is 151 g/mol. The standard InChI is InChI=1S/C11H19/c1-3-6-11-8-5-7-10(4-2)9-11/h9,11H,1,3-8H2,2H3. The summed E-state index contributed by atoms with van der Waals surface area (Å²) in [6.07, 6.45) is 10.3. The molecular formula is C11H19. The minimum Gasteiger partial charge on any atom is -0.0822 e. The molecule has 1 aliphatic carbocycles. The molecule has 0 bridgehead atoms. The smallest absolute Gasteiger partial charge is 0.0231 e.